The molecular formula is C21H21FN2O3. The Morgan fingerprint density at radius 3 is 2.59 bits per heavy atom. The molecule has 2 N–H and O–H groups in total. The van der Waals surface area contributed by atoms with E-state index in [-0.39, 0.29) is 12.0 Å². The quantitative estimate of drug-likeness (QED) is 0.684. The van der Waals surface area contributed by atoms with Crippen molar-refractivity contribution in [2.75, 3.05) is 0 Å². The van der Waals surface area contributed by atoms with E-state index < -0.39 is 17.6 Å². The maximum atomic E-state index is 13.6. The van der Waals surface area contributed by atoms with Crippen LogP contribution in [-0.4, -0.2) is 11.8 Å². The molecule has 0 bridgehead atoms. The highest BCUT2D eigenvalue weighted by Crippen LogP contribution is 2.29. The number of amides is 2. The predicted octanol–water partition coefficient (Wildman–Crippen LogP) is 4.01. The highest BCUT2D eigenvalue weighted by Gasteiger charge is 2.15. The van der Waals surface area contributed by atoms with Gasteiger partial charge < -0.3 is 4.42 Å². The van der Waals surface area contributed by atoms with Crippen LogP contribution in [0.25, 0.3) is 11.0 Å². The number of rotatable bonds is 4. The second kappa shape index (κ2) is 7.61. The molecule has 3 rings (SSSR count). The van der Waals surface area contributed by atoms with E-state index in [2.05, 4.69) is 24.7 Å². The minimum Gasteiger partial charge on any atom is -0.464 e. The van der Waals surface area contributed by atoms with Crippen molar-refractivity contribution in [3.63, 3.8) is 0 Å². The van der Waals surface area contributed by atoms with Crippen molar-refractivity contribution in [1.82, 2.24) is 10.9 Å². The number of carbonyl (C=O) groups excluding carboxylic acids is 2. The van der Waals surface area contributed by atoms with E-state index in [1.807, 2.05) is 19.1 Å². The lowest BCUT2D eigenvalue weighted by Gasteiger charge is -2.10. The molecule has 3 aromatic rings. The van der Waals surface area contributed by atoms with Crippen LogP contribution < -0.4 is 10.9 Å². The fourth-order valence-electron chi connectivity index (χ4n) is 3.06. The SMILES string of the molecule is Cc1cc2occ(CC(=O)NNC(=O)c3ccccc3F)c2cc1C(C)C. The third-order valence-electron chi connectivity index (χ3n) is 4.45. The van der Waals surface area contributed by atoms with Crippen molar-refractivity contribution >= 4 is 22.8 Å². The van der Waals surface area contributed by atoms with Crippen LogP contribution in [0.1, 0.15) is 46.8 Å². The van der Waals surface area contributed by atoms with E-state index in [0.29, 0.717) is 5.92 Å². The molecule has 1 aromatic heterocycles. The molecule has 1 heterocycles. The van der Waals surface area contributed by atoms with E-state index in [1.165, 1.54) is 23.8 Å². The molecule has 0 radical (unpaired) electrons. The first-order valence-corrected chi connectivity index (χ1v) is 8.71. The summed E-state index contributed by atoms with van der Waals surface area (Å²) in [7, 11) is 0. The first-order chi connectivity index (χ1) is 12.9. The Labute approximate surface area is 156 Å². The van der Waals surface area contributed by atoms with Gasteiger partial charge in [-0.15, -0.1) is 0 Å². The summed E-state index contributed by atoms with van der Waals surface area (Å²) in [6.07, 6.45) is 1.58. The molecule has 0 saturated heterocycles. The molecule has 0 fully saturated rings. The Hall–Kier alpha value is -3.15. The van der Waals surface area contributed by atoms with Crippen molar-refractivity contribution in [2.24, 2.45) is 0 Å². The molecule has 0 aliphatic rings. The predicted molar refractivity (Wildman–Crippen MR) is 101 cm³/mol. The van der Waals surface area contributed by atoms with Gasteiger partial charge in [0.2, 0.25) is 5.91 Å². The number of hydrazine groups is 1. The highest BCUT2D eigenvalue weighted by atomic mass is 19.1. The van der Waals surface area contributed by atoms with Gasteiger partial charge in [-0.05, 0) is 48.2 Å². The minimum atomic E-state index is -0.712. The van der Waals surface area contributed by atoms with Crippen molar-refractivity contribution in [1.29, 1.82) is 0 Å². The number of fused-ring (bicyclic) bond motifs is 1. The topological polar surface area (TPSA) is 71.3 Å². The number of benzene rings is 2. The molecule has 0 atom stereocenters. The van der Waals surface area contributed by atoms with Crippen LogP contribution >= 0.6 is 0 Å². The third-order valence-corrected chi connectivity index (χ3v) is 4.45. The zero-order valence-electron chi connectivity index (χ0n) is 15.4. The molecule has 0 aliphatic carbocycles. The number of aryl methyl sites for hydroxylation is 1. The van der Waals surface area contributed by atoms with E-state index in [0.717, 1.165) is 22.1 Å². The molecule has 5 nitrogen and oxygen atoms in total. The summed E-state index contributed by atoms with van der Waals surface area (Å²) in [5.74, 6) is -1.43. The van der Waals surface area contributed by atoms with Crippen LogP contribution in [0.4, 0.5) is 4.39 Å². The largest absolute Gasteiger partial charge is 0.464 e. The zero-order valence-corrected chi connectivity index (χ0v) is 15.4. The van der Waals surface area contributed by atoms with Crippen LogP contribution in [0.3, 0.4) is 0 Å². The van der Waals surface area contributed by atoms with Crippen molar-refractivity contribution in [3.05, 3.63) is 70.7 Å². The first-order valence-electron chi connectivity index (χ1n) is 8.71. The maximum Gasteiger partial charge on any atom is 0.272 e. The van der Waals surface area contributed by atoms with Crippen LogP contribution in [0.2, 0.25) is 0 Å². The number of hydrogen-bond donors (Lipinski definition) is 2. The summed E-state index contributed by atoms with van der Waals surface area (Å²) in [6.45, 7) is 6.25. The molecule has 2 amide bonds. The Morgan fingerprint density at radius 2 is 1.89 bits per heavy atom. The molecule has 0 saturated carbocycles. The van der Waals surface area contributed by atoms with Gasteiger partial charge in [-0.1, -0.05) is 26.0 Å². The van der Waals surface area contributed by atoms with Crippen LogP contribution in [0, 0.1) is 12.7 Å². The van der Waals surface area contributed by atoms with Crippen LogP contribution in [-0.2, 0) is 11.2 Å². The van der Waals surface area contributed by atoms with Gasteiger partial charge in [-0.25, -0.2) is 4.39 Å². The lowest BCUT2D eigenvalue weighted by Crippen LogP contribution is -2.42. The molecule has 6 heteroatoms. The number of carbonyl (C=O) groups is 2. The highest BCUT2D eigenvalue weighted by molar-refractivity contribution is 5.96. The first kappa shape index (κ1) is 18.6. The Bertz CT molecular complexity index is 1010. The summed E-state index contributed by atoms with van der Waals surface area (Å²) in [5, 5.41) is 0.875. The van der Waals surface area contributed by atoms with Gasteiger partial charge >= 0.3 is 0 Å². The fourth-order valence-corrected chi connectivity index (χ4v) is 3.06. The summed E-state index contributed by atoms with van der Waals surface area (Å²) >= 11 is 0. The number of furan rings is 1. The summed E-state index contributed by atoms with van der Waals surface area (Å²) < 4.78 is 19.2. The standard InChI is InChI=1S/C21H21FN2O3/c1-12(2)16-10-17-14(11-27-19(17)8-13(16)3)9-20(25)23-24-21(26)15-6-4-5-7-18(15)22/h4-8,10-12H,9H2,1-3H3,(H,23,25)(H,24,26). The van der Waals surface area contributed by atoms with Crippen molar-refractivity contribution in [3.8, 4) is 0 Å². The smallest absolute Gasteiger partial charge is 0.272 e. The van der Waals surface area contributed by atoms with Crippen molar-refractivity contribution < 1.29 is 18.4 Å². The Balaban J connectivity index is 1.70. The van der Waals surface area contributed by atoms with E-state index in [4.69, 9.17) is 4.42 Å². The lowest BCUT2D eigenvalue weighted by atomic mass is 9.95. The van der Waals surface area contributed by atoms with Crippen molar-refractivity contribution in [2.45, 2.75) is 33.1 Å². The summed E-state index contributed by atoms with van der Waals surface area (Å²) in [5.41, 5.74) is 8.18. The normalized spacial score (nSPS) is 11.0. The number of halogens is 1. The van der Waals surface area contributed by atoms with Crippen LogP contribution in [0.5, 0.6) is 0 Å². The van der Waals surface area contributed by atoms with Gasteiger partial charge in [0, 0.05) is 10.9 Å². The summed E-state index contributed by atoms with van der Waals surface area (Å²) in [6, 6.07) is 9.57. The average molecular weight is 368 g/mol. The molecule has 0 unspecified atom stereocenters. The molecule has 27 heavy (non-hydrogen) atoms. The van der Waals surface area contributed by atoms with Gasteiger partial charge in [0.05, 0.1) is 18.2 Å². The molecular weight excluding hydrogens is 347 g/mol. The Morgan fingerprint density at radius 1 is 1.15 bits per heavy atom. The van der Waals surface area contributed by atoms with Gasteiger partial charge in [0.1, 0.15) is 11.4 Å². The minimum absolute atomic E-state index is 0.0329. The van der Waals surface area contributed by atoms with Gasteiger partial charge in [-0.3, -0.25) is 20.4 Å². The third kappa shape index (κ3) is 4.00. The number of hydrogen-bond acceptors (Lipinski definition) is 3. The monoisotopic (exact) mass is 368 g/mol. The van der Waals surface area contributed by atoms with Gasteiger partial charge in [-0.2, -0.15) is 0 Å². The molecule has 2 aromatic carbocycles. The van der Waals surface area contributed by atoms with E-state index in [1.54, 1.807) is 12.3 Å². The molecule has 0 aliphatic heterocycles. The van der Waals surface area contributed by atoms with E-state index >= 15 is 0 Å². The van der Waals surface area contributed by atoms with Gasteiger partial charge in [0.15, 0.2) is 0 Å². The second-order valence-corrected chi connectivity index (χ2v) is 6.78. The van der Waals surface area contributed by atoms with Gasteiger partial charge in [0.25, 0.3) is 5.91 Å². The second-order valence-electron chi connectivity index (χ2n) is 6.78. The fraction of sp³-hybridized carbons (Fsp3) is 0.238. The lowest BCUT2D eigenvalue weighted by molar-refractivity contribution is -0.121. The Kier molecular flexibility index (Phi) is 5.26. The average Bonchev–Trinajstić information content (AvgIpc) is 3.00. The maximum absolute atomic E-state index is 13.6. The summed E-state index contributed by atoms with van der Waals surface area (Å²) in [4.78, 5) is 24.2. The number of nitrogens with one attached hydrogen (secondary N) is 2. The van der Waals surface area contributed by atoms with E-state index in [9.17, 15) is 14.0 Å². The molecule has 140 valence electrons. The zero-order chi connectivity index (χ0) is 19.6. The van der Waals surface area contributed by atoms with Crippen LogP contribution in [0.15, 0.2) is 47.1 Å². The molecule has 0 spiro atoms.